The summed E-state index contributed by atoms with van der Waals surface area (Å²) in [5, 5.41) is 1.11. The molecule has 1 aromatic carbocycles. The van der Waals surface area contributed by atoms with Gasteiger partial charge in [-0.15, -0.1) is 11.6 Å². The van der Waals surface area contributed by atoms with Crippen LogP contribution in [0.1, 0.15) is 5.56 Å². The van der Waals surface area contributed by atoms with Crippen molar-refractivity contribution in [3.8, 4) is 0 Å². The molecule has 0 aliphatic carbocycles. The van der Waals surface area contributed by atoms with E-state index < -0.39 is 0 Å². The van der Waals surface area contributed by atoms with Gasteiger partial charge in [-0.1, -0.05) is 18.2 Å². The van der Waals surface area contributed by atoms with Gasteiger partial charge in [-0.05, 0) is 17.7 Å². The molecule has 0 radical (unpaired) electrons. The molecule has 2 aromatic rings. The fraction of sp³-hybridized carbons (Fsp3) is 0.438. The van der Waals surface area contributed by atoms with Crippen LogP contribution < -0.4 is 4.90 Å². The molecule has 0 N–H and O–H groups in total. The number of anilines is 1. The van der Waals surface area contributed by atoms with E-state index in [0.29, 0.717) is 5.88 Å². The first-order valence-electron chi connectivity index (χ1n) is 7.02. The lowest BCUT2D eigenvalue weighted by atomic mass is 10.1. The molecule has 1 aliphatic rings. The number of benzene rings is 1. The number of aromatic nitrogens is 1. The normalized spacial score (nSPS) is 22.1. The third-order valence-corrected chi connectivity index (χ3v) is 4.37. The summed E-state index contributed by atoms with van der Waals surface area (Å²) in [7, 11) is 3.44. The highest BCUT2D eigenvalue weighted by Crippen LogP contribution is 2.27. The van der Waals surface area contributed by atoms with Crippen molar-refractivity contribution in [1.29, 1.82) is 0 Å². The standard InChI is InChI=1S/C16H19ClN2O2/c1-20-14-9-19(10-15(14)21-2)16-7-11(8-17)12-5-3-4-6-13(12)18-16/h3-7,14-15H,8-10H2,1-2H3. The van der Waals surface area contributed by atoms with Gasteiger partial charge in [0.25, 0.3) is 0 Å². The Morgan fingerprint density at radius 1 is 1.19 bits per heavy atom. The Labute approximate surface area is 129 Å². The van der Waals surface area contributed by atoms with E-state index in [1.165, 1.54) is 0 Å². The van der Waals surface area contributed by atoms with Crippen molar-refractivity contribution in [1.82, 2.24) is 4.98 Å². The molecule has 1 fully saturated rings. The molecule has 4 nitrogen and oxygen atoms in total. The molecule has 2 unspecified atom stereocenters. The molecule has 0 spiro atoms. The fourth-order valence-corrected chi connectivity index (χ4v) is 3.11. The highest BCUT2D eigenvalue weighted by molar-refractivity contribution is 6.18. The fourth-order valence-electron chi connectivity index (χ4n) is 2.89. The van der Waals surface area contributed by atoms with E-state index in [4.69, 9.17) is 26.1 Å². The van der Waals surface area contributed by atoms with Gasteiger partial charge in [-0.25, -0.2) is 4.98 Å². The van der Waals surface area contributed by atoms with Crippen LogP contribution in [0, 0.1) is 0 Å². The molecule has 112 valence electrons. The van der Waals surface area contributed by atoms with Crippen molar-refractivity contribution in [2.45, 2.75) is 18.1 Å². The van der Waals surface area contributed by atoms with Gasteiger partial charge < -0.3 is 14.4 Å². The molecule has 0 amide bonds. The summed E-state index contributed by atoms with van der Waals surface area (Å²) < 4.78 is 11.0. The number of pyridine rings is 1. The predicted octanol–water partition coefficient (Wildman–Crippen LogP) is 2.82. The first-order valence-corrected chi connectivity index (χ1v) is 7.55. The van der Waals surface area contributed by atoms with Crippen molar-refractivity contribution < 1.29 is 9.47 Å². The molecular formula is C16H19ClN2O2. The molecule has 21 heavy (non-hydrogen) atoms. The molecule has 2 atom stereocenters. The Bertz CT molecular complexity index is 623. The van der Waals surface area contributed by atoms with Gasteiger partial charge in [0.05, 0.1) is 5.52 Å². The SMILES string of the molecule is COC1CN(c2cc(CCl)c3ccccc3n2)CC1OC. The molecule has 1 aromatic heterocycles. The summed E-state index contributed by atoms with van der Waals surface area (Å²) in [4.78, 5) is 6.96. The zero-order valence-corrected chi connectivity index (χ0v) is 13.0. The van der Waals surface area contributed by atoms with Crippen molar-refractivity contribution in [2.75, 3.05) is 32.2 Å². The minimum atomic E-state index is 0.0720. The lowest BCUT2D eigenvalue weighted by Gasteiger charge is -2.18. The molecule has 0 bridgehead atoms. The summed E-state index contributed by atoms with van der Waals surface area (Å²) in [6.45, 7) is 1.56. The maximum Gasteiger partial charge on any atom is 0.129 e. The Morgan fingerprint density at radius 3 is 2.48 bits per heavy atom. The van der Waals surface area contributed by atoms with Crippen LogP contribution in [-0.2, 0) is 15.4 Å². The van der Waals surface area contributed by atoms with Crippen LogP contribution in [0.15, 0.2) is 30.3 Å². The molecule has 3 rings (SSSR count). The van der Waals surface area contributed by atoms with Crippen LogP contribution in [0.5, 0.6) is 0 Å². The van der Waals surface area contributed by atoms with E-state index in [2.05, 4.69) is 17.0 Å². The van der Waals surface area contributed by atoms with E-state index in [9.17, 15) is 0 Å². The second kappa shape index (κ2) is 6.18. The van der Waals surface area contributed by atoms with Crippen molar-refractivity contribution in [2.24, 2.45) is 0 Å². The summed E-state index contributed by atoms with van der Waals surface area (Å²) >= 11 is 6.10. The minimum Gasteiger partial charge on any atom is -0.377 e. The summed E-state index contributed by atoms with van der Waals surface area (Å²) in [5.74, 6) is 1.41. The first-order chi connectivity index (χ1) is 10.3. The maximum absolute atomic E-state index is 6.10. The molecule has 5 heteroatoms. The van der Waals surface area contributed by atoms with Crippen LogP contribution in [-0.4, -0.2) is 44.5 Å². The van der Waals surface area contributed by atoms with Gasteiger partial charge in [0.2, 0.25) is 0 Å². The second-order valence-corrected chi connectivity index (χ2v) is 5.51. The predicted molar refractivity (Wildman–Crippen MR) is 85.1 cm³/mol. The van der Waals surface area contributed by atoms with Gasteiger partial charge in [-0.3, -0.25) is 0 Å². The molecule has 2 heterocycles. The van der Waals surface area contributed by atoms with Crippen LogP contribution >= 0.6 is 11.6 Å². The van der Waals surface area contributed by atoms with Crippen LogP contribution in [0.25, 0.3) is 10.9 Å². The van der Waals surface area contributed by atoms with Crippen molar-refractivity contribution >= 4 is 28.3 Å². The van der Waals surface area contributed by atoms with Gasteiger partial charge in [0.15, 0.2) is 0 Å². The number of fused-ring (bicyclic) bond motifs is 1. The molecule has 1 aliphatic heterocycles. The minimum absolute atomic E-state index is 0.0720. The number of rotatable bonds is 4. The highest BCUT2D eigenvalue weighted by atomic mass is 35.5. The molecule has 0 saturated carbocycles. The number of para-hydroxylation sites is 1. The topological polar surface area (TPSA) is 34.6 Å². The number of halogens is 1. The zero-order valence-electron chi connectivity index (χ0n) is 12.3. The number of methoxy groups -OCH3 is 2. The number of ether oxygens (including phenoxy) is 2. The lowest BCUT2D eigenvalue weighted by Crippen LogP contribution is -2.27. The summed E-state index contributed by atoms with van der Waals surface area (Å²) in [6, 6.07) is 10.2. The van der Waals surface area contributed by atoms with Gasteiger partial charge in [-0.2, -0.15) is 0 Å². The largest absolute Gasteiger partial charge is 0.377 e. The van der Waals surface area contributed by atoms with Gasteiger partial charge >= 0.3 is 0 Å². The quantitative estimate of drug-likeness (QED) is 0.814. The number of hydrogen-bond acceptors (Lipinski definition) is 4. The maximum atomic E-state index is 6.10. The lowest BCUT2D eigenvalue weighted by molar-refractivity contribution is -0.00461. The summed E-state index contributed by atoms with van der Waals surface area (Å²) in [6.07, 6.45) is 0.144. The van der Waals surface area contributed by atoms with Crippen molar-refractivity contribution in [3.63, 3.8) is 0 Å². The number of nitrogens with zero attached hydrogens (tertiary/aromatic N) is 2. The summed E-state index contributed by atoms with van der Waals surface area (Å²) in [5.41, 5.74) is 2.08. The van der Waals surface area contributed by atoms with E-state index in [1.807, 2.05) is 18.2 Å². The molecule has 1 saturated heterocycles. The smallest absolute Gasteiger partial charge is 0.129 e. The van der Waals surface area contributed by atoms with Crippen LogP contribution in [0.4, 0.5) is 5.82 Å². The highest BCUT2D eigenvalue weighted by Gasteiger charge is 2.33. The number of alkyl halides is 1. The average Bonchev–Trinajstić information content (AvgIpc) is 2.97. The Balaban J connectivity index is 1.98. The van der Waals surface area contributed by atoms with Crippen LogP contribution in [0.3, 0.4) is 0 Å². The Hall–Kier alpha value is -1.36. The van der Waals surface area contributed by atoms with E-state index in [0.717, 1.165) is 35.4 Å². The zero-order chi connectivity index (χ0) is 14.8. The molecular weight excluding hydrogens is 288 g/mol. The van der Waals surface area contributed by atoms with E-state index >= 15 is 0 Å². The van der Waals surface area contributed by atoms with Gasteiger partial charge in [0.1, 0.15) is 18.0 Å². The first kappa shape index (κ1) is 14.6. The third-order valence-electron chi connectivity index (χ3n) is 4.08. The monoisotopic (exact) mass is 306 g/mol. The van der Waals surface area contributed by atoms with E-state index in [-0.39, 0.29) is 12.2 Å². The Kier molecular flexibility index (Phi) is 4.29. The third kappa shape index (κ3) is 2.71. The Morgan fingerprint density at radius 2 is 1.86 bits per heavy atom. The second-order valence-electron chi connectivity index (χ2n) is 5.24. The van der Waals surface area contributed by atoms with Gasteiger partial charge in [0, 0.05) is 38.6 Å². The number of hydrogen-bond donors (Lipinski definition) is 0. The van der Waals surface area contributed by atoms with Crippen LogP contribution in [0.2, 0.25) is 0 Å². The van der Waals surface area contributed by atoms with Crippen molar-refractivity contribution in [3.05, 3.63) is 35.9 Å². The van der Waals surface area contributed by atoms with E-state index in [1.54, 1.807) is 14.2 Å². The average molecular weight is 307 g/mol.